The van der Waals surface area contributed by atoms with Gasteiger partial charge in [0.05, 0.1) is 5.69 Å². The minimum atomic E-state index is 0.493. The number of aliphatic imine (C=N–C) groups is 1. The van der Waals surface area contributed by atoms with Gasteiger partial charge in [0.1, 0.15) is 6.54 Å². The number of ether oxygens (including phenoxy) is 1. The molecule has 0 aliphatic heterocycles. The second-order valence-electron chi connectivity index (χ2n) is 4.11. The van der Waals surface area contributed by atoms with Gasteiger partial charge in [0.2, 0.25) is 0 Å². The van der Waals surface area contributed by atoms with Crippen LogP contribution in [0.2, 0.25) is 0 Å². The second kappa shape index (κ2) is 9.38. The van der Waals surface area contributed by atoms with Gasteiger partial charge in [-0.25, -0.2) is 4.99 Å². The van der Waals surface area contributed by atoms with Gasteiger partial charge in [-0.05, 0) is 19.8 Å². The van der Waals surface area contributed by atoms with E-state index in [1.165, 1.54) is 0 Å². The summed E-state index contributed by atoms with van der Waals surface area (Å²) in [6.07, 6.45) is 1.83. The summed E-state index contributed by atoms with van der Waals surface area (Å²) in [5, 5.41) is 10.4. The summed E-state index contributed by atoms with van der Waals surface area (Å²) < 4.78 is 10.2. The van der Waals surface area contributed by atoms with Crippen LogP contribution in [0.1, 0.15) is 31.7 Å². The first-order valence-corrected chi connectivity index (χ1v) is 6.75. The van der Waals surface area contributed by atoms with Crippen molar-refractivity contribution in [2.45, 2.75) is 33.2 Å². The Kier molecular flexibility index (Phi) is 7.65. The van der Waals surface area contributed by atoms with E-state index in [1.807, 2.05) is 19.9 Å². The SMILES string of the molecule is CCNC(=NCc1cc(CC)no1)NCCCOC. The van der Waals surface area contributed by atoms with Crippen LogP contribution in [0.4, 0.5) is 0 Å². The first kappa shape index (κ1) is 15.5. The monoisotopic (exact) mass is 268 g/mol. The molecule has 1 aromatic heterocycles. The molecule has 0 fully saturated rings. The maximum Gasteiger partial charge on any atom is 0.191 e. The molecule has 0 radical (unpaired) electrons. The van der Waals surface area contributed by atoms with Gasteiger partial charge in [0.25, 0.3) is 0 Å². The highest BCUT2D eigenvalue weighted by Crippen LogP contribution is 2.05. The van der Waals surface area contributed by atoms with Crippen molar-refractivity contribution >= 4 is 5.96 Å². The average Bonchev–Trinajstić information content (AvgIpc) is 2.88. The van der Waals surface area contributed by atoms with E-state index in [0.29, 0.717) is 6.54 Å². The maximum absolute atomic E-state index is 5.19. The number of hydrogen-bond donors (Lipinski definition) is 2. The van der Waals surface area contributed by atoms with E-state index in [4.69, 9.17) is 9.26 Å². The first-order chi connectivity index (χ1) is 9.30. The fourth-order valence-electron chi connectivity index (χ4n) is 1.52. The van der Waals surface area contributed by atoms with Crippen molar-refractivity contribution in [1.29, 1.82) is 0 Å². The van der Waals surface area contributed by atoms with Crippen molar-refractivity contribution < 1.29 is 9.26 Å². The van der Waals surface area contributed by atoms with Crippen molar-refractivity contribution in [1.82, 2.24) is 15.8 Å². The third-order valence-corrected chi connectivity index (χ3v) is 2.52. The zero-order chi connectivity index (χ0) is 13.9. The largest absolute Gasteiger partial charge is 0.385 e. The second-order valence-corrected chi connectivity index (χ2v) is 4.11. The van der Waals surface area contributed by atoms with E-state index in [9.17, 15) is 0 Å². The molecule has 0 aliphatic rings. The lowest BCUT2D eigenvalue weighted by molar-refractivity contribution is 0.195. The summed E-state index contributed by atoms with van der Waals surface area (Å²) in [5.41, 5.74) is 0.961. The van der Waals surface area contributed by atoms with Crippen LogP contribution in [0.5, 0.6) is 0 Å². The van der Waals surface area contributed by atoms with Crippen molar-refractivity contribution in [3.05, 3.63) is 17.5 Å². The zero-order valence-electron chi connectivity index (χ0n) is 12.0. The fourth-order valence-corrected chi connectivity index (χ4v) is 1.52. The predicted molar refractivity (Wildman–Crippen MR) is 75.2 cm³/mol. The number of methoxy groups -OCH3 is 1. The fraction of sp³-hybridized carbons (Fsp3) is 0.692. The Morgan fingerprint density at radius 1 is 1.42 bits per heavy atom. The molecule has 0 bridgehead atoms. The molecule has 6 nitrogen and oxygen atoms in total. The van der Waals surface area contributed by atoms with E-state index in [1.54, 1.807) is 7.11 Å². The number of hydrogen-bond acceptors (Lipinski definition) is 4. The van der Waals surface area contributed by atoms with Crippen LogP contribution in [-0.4, -0.2) is 37.9 Å². The van der Waals surface area contributed by atoms with Crippen LogP contribution in [-0.2, 0) is 17.7 Å². The highest BCUT2D eigenvalue weighted by atomic mass is 16.5. The minimum absolute atomic E-state index is 0.493. The lowest BCUT2D eigenvalue weighted by Gasteiger charge is -2.10. The summed E-state index contributed by atoms with van der Waals surface area (Å²) in [5.74, 6) is 1.57. The summed E-state index contributed by atoms with van der Waals surface area (Å²) in [6.45, 7) is 6.98. The van der Waals surface area contributed by atoms with Crippen LogP contribution in [0.15, 0.2) is 15.6 Å². The topological polar surface area (TPSA) is 71.7 Å². The van der Waals surface area contributed by atoms with Gasteiger partial charge in [-0.2, -0.15) is 0 Å². The van der Waals surface area contributed by atoms with Gasteiger partial charge in [-0.15, -0.1) is 0 Å². The zero-order valence-corrected chi connectivity index (χ0v) is 12.0. The number of rotatable bonds is 8. The van der Waals surface area contributed by atoms with Crippen LogP contribution in [0, 0.1) is 0 Å². The van der Waals surface area contributed by atoms with Crippen molar-refractivity contribution in [3.63, 3.8) is 0 Å². The van der Waals surface area contributed by atoms with Gasteiger partial charge < -0.3 is 19.9 Å². The Hall–Kier alpha value is -1.56. The van der Waals surface area contributed by atoms with Gasteiger partial charge in [-0.3, -0.25) is 0 Å². The maximum atomic E-state index is 5.19. The van der Waals surface area contributed by atoms with Gasteiger partial charge >= 0.3 is 0 Å². The quantitative estimate of drug-likeness (QED) is 0.423. The third-order valence-electron chi connectivity index (χ3n) is 2.52. The molecule has 108 valence electrons. The van der Waals surface area contributed by atoms with E-state index in [0.717, 1.165) is 50.0 Å². The van der Waals surface area contributed by atoms with E-state index in [2.05, 4.69) is 20.8 Å². The average molecular weight is 268 g/mol. The summed E-state index contributed by atoms with van der Waals surface area (Å²) in [6, 6.07) is 1.94. The molecule has 0 amide bonds. The normalized spacial score (nSPS) is 11.6. The number of nitrogens with one attached hydrogen (secondary N) is 2. The lowest BCUT2D eigenvalue weighted by atomic mass is 10.3. The first-order valence-electron chi connectivity index (χ1n) is 6.75. The van der Waals surface area contributed by atoms with Crippen LogP contribution >= 0.6 is 0 Å². The molecule has 1 aromatic rings. The molecule has 0 unspecified atom stereocenters. The summed E-state index contributed by atoms with van der Waals surface area (Å²) in [7, 11) is 1.70. The van der Waals surface area contributed by atoms with Crippen molar-refractivity contribution in [2.75, 3.05) is 26.8 Å². The van der Waals surface area contributed by atoms with Gasteiger partial charge in [0.15, 0.2) is 11.7 Å². The van der Waals surface area contributed by atoms with Crippen LogP contribution in [0.3, 0.4) is 0 Å². The number of nitrogens with zero attached hydrogens (tertiary/aromatic N) is 2. The molecule has 0 aliphatic carbocycles. The molecule has 0 saturated heterocycles. The standard InChI is InChI=1S/C13H24N4O2/c1-4-11-9-12(19-17-11)10-16-13(14-5-2)15-7-6-8-18-3/h9H,4-8,10H2,1-3H3,(H2,14,15,16). The molecule has 1 rings (SSSR count). The highest BCUT2D eigenvalue weighted by molar-refractivity contribution is 5.79. The molecule has 19 heavy (non-hydrogen) atoms. The number of guanidine groups is 1. The predicted octanol–water partition coefficient (Wildman–Crippen LogP) is 1.33. The van der Waals surface area contributed by atoms with Gasteiger partial charge in [-0.1, -0.05) is 12.1 Å². The molecule has 6 heteroatoms. The third kappa shape index (κ3) is 6.24. The number of aryl methyl sites for hydroxylation is 1. The molecule has 1 heterocycles. The van der Waals surface area contributed by atoms with E-state index >= 15 is 0 Å². The van der Waals surface area contributed by atoms with Crippen LogP contribution < -0.4 is 10.6 Å². The highest BCUT2D eigenvalue weighted by Gasteiger charge is 2.02. The molecule has 2 N–H and O–H groups in total. The van der Waals surface area contributed by atoms with Crippen LogP contribution in [0.25, 0.3) is 0 Å². The molecular weight excluding hydrogens is 244 g/mol. The molecule has 0 aromatic carbocycles. The molecule has 0 atom stereocenters. The summed E-state index contributed by atoms with van der Waals surface area (Å²) in [4.78, 5) is 4.45. The van der Waals surface area contributed by atoms with Crippen molar-refractivity contribution in [3.8, 4) is 0 Å². The Bertz CT molecular complexity index is 376. The smallest absolute Gasteiger partial charge is 0.191 e. The number of aromatic nitrogens is 1. The molecule has 0 spiro atoms. The molecule has 0 saturated carbocycles. The van der Waals surface area contributed by atoms with E-state index < -0.39 is 0 Å². The lowest BCUT2D eigenvalue weighted by Crippen LogP contribution is -2.38. The Morgan fingerprint density at radius 2 is 2.26 bits per heavy atom. The molecular formula is C13H24N4O2. The van der Waals surface area contributed by atoms with Gasteiger partial charge in [0, 0.05) is 32.9 Å². The van der Waals surface area contributed by atoms with E-state index in [-0.39, 0.29) is 0 Å². The Morgan fingerprint density at radius 3 is 2.89 bits per heavy atom. The van der Waals surface area contributed by atoms with Crippen molar-refractivity contribution in [2.24, 2.45) is 4.99 Å². The summed E-state index contributed by atoms with van der Waals surface area (Å²) >= 11 is 0. The minimum Gasteiger partial charge on any atom is -0.385 e. The Balaban J connectivity index is 2.42. The Labute approximate surface area is 114 Å².